The molecule has 0 spiro atoms. The molecule has 0 saturated heterocycles. The quantitative estimate of drug-likeness (QED) is 0.771. The van der Waals surface area contributed by atoms with Gasteiger partial charge < -0.3 is 10.1 Å². The lowest BCUT2D eigenvalue weighted by Gasteiger charge is -2.21. The van der Waals surface area contributed by atoms with Crippen LogP contribution in [-0.2, 0) is 19.6 Å². The summed E-state index contributed by atoms with van der Waals surface area (Å²) in [6.07, 6.45) is 0. The minimum Gasteiger partial charge on any atom is -0.467 e. The van der Waals surface area contributed by atoms with Crippen molar-refractivity contribution in [2.45, 2.75) is 24.8 Å². The number of esters is 1. The molecular weight excluding hydrogens is 280 g/mol. The van der Waals surface area contributed by atoms with Crippen LogP contribution in [0.5, 0.6) is 0 Å². The van der Waals surface area contributed by atoms with E-state index < -0.39 is 16.1 Å². The molecule has 0 bridgehead atoms. The molecule has 0 heterocycles. The SMILES string of the molecule is CNS(=O)(=O)c1ccc(NC(C(=O)OC)C(C)C)cc1. The average molecular weight is 300 g/mol. The zero-order valence-electron chi connectivity index (χ0n) is 12.0. The van der Waals surface area contributed by atoms with Crippen molar-refractivity contribution in [1.82, 2.24) is 4.72 Å². The first kappa shape index (κ1) is 16.5. The zero-order chi connectivity index (χ0) is 15.3. The number of rotatable bonds is 6. The van der Waals surface area contributed by atoms with Crippen LogP contribution in [0.2, 0.25) is 0 Å². The molecule has 112 valence electrons. The highest BCUT2D eigenvalue weighted by Crippen LogP contribution is 2.17. The summed E-state index contributed by atoms with van der Waals surface area (Å²) in [7, 11) is -0.760. The molecule has 7 heteroatoms. The summed E-state index contributed by atoms with van der Waals surface area (Å²) >= 11 is 0. The molecule has 0 aromatic heterocycles. The number of carbonyl (C=O) groups is 1. The smallest absolute Gasteiger partial charge is 0.328 e. The molecular formula is C13H20N2O4S. The Balaban J connectivity index is 2.91. The second-order valence-corrected chi connectivity index (χ2v) is 6.51. The maximum Gasteiger partial charge on any atom is 0.328 e. The van der Waals surface area contributed by atoms with Crippen LogP contribution >= 0.6 is 0 Å². The number of hydrogen-bond donors (Lipinski definition) is 2. The largest absolute Gasteiger partial charge is 0.467 e. The first-order chi connectivity index (χ1) is 9.31. The van der Waals surface area contributed by atoms with Gasteiger partial charge in [-0.05, 0) is 37.2 Å². The molecule has 1 atom stereocenters. The molecule has 0 aliphatic heterocycles. The fraction of sp³-hybridized carbons (Fsp3) is 0.462. The number of anilines is 1. The standard InChI is InChI=1S/C13H20N2O4S/c1-9(2)12(13(16)19-4)15-10-5-7-11(8-6-10)20(17,18)14-3/h5-9,12,14-15H,1-4H3. The Morgan fingerprint density at radius 2 is 1.75 bits per heavy atom. The van der Waals surface area contributed by atoms with Gasteiger partial charge in [0.1, 0.15) is 6.04 Å². The fourth-order valence-electron chi connectivity index (χ4n) is 1.65. The van der Waals surface area contributed by atoms with Crippen LogP contribution in [0.15, 0.2) is 29.2 Å². The van der Waals surface area contributed by atoms with Crippen molar-refractivity contribution in [2.24, 2.45) is 5.92 Å². The summed E-state index contributed by atoms with van der Waals surface area (Å²) in [5.41, 5.74) is 0.657. The topological polar surface area (TPSA) is 84.5 Å². The summed E-state index contributed by atoms with van der Waals surface area (Å²) in [4.78, 5) is 11.8. The number of sulfonamides is 1. The van der Waals surface area contributed by atoms with E-state index in [9.17, 15) is 13.2 Å². The molecule has 20 heavy (non-hydrogen) atoms. The Morgan fingerprint density at radius 1 is 1.20 bits per heavy atom. The molecule has 6 nitrogen and oxygen atoms in total. The number of ether oxygens (including phenoxy) is 1. The van der Waals surface area contributed by atoms with E-state index in [0.717, 1.165) is 0 Å². The summed E-state index contributed by atoms with van der Waals surface area (Å²) in [6.45, 7) is 3.79. The third-order valence-electron chi connectivity index (χ3n) is 2.88. The van der Waals surface area contributed by atoms with Crippen molar-refractivity contribution in [3.63, 3.8) is 0 Å². The molecule has 1 rings (SSSR count). The van der Waals surface area contributed by atoms with Crippen LogP contribution in [0.3, 0.4) is 0 Å². The van der Waals surface area contributed by atoms with Gasteiger partial charge >= 0.3 is 5.97 Å². The van der Waals surface area contributed by atoms with Gasteiger partial charge in [-0.15, -0.1) is 0 Å². The van der Waals surface area contributed by atoms with Crippen LogP contribution < -0.4 is 10.0 Å². The monoisotopic (exact) mass is 300 g/mol. The molecule has 1 aromatic carbocycles. The Hall–Kier alpha value is -1.60. The first-order valence-electron chi connectivity index (χ1n) is 6.19. The predicted molar refractivity (Wildman–Crippen MR) is 77.0 cm³/mol. The first-order valence-corrected chi connectivity index (χ1v) is 7.68. The maximum absolute atomic E-state index is 11.6. The number of hydrogen-bond acceptors (Lipinski definition) is 5. The molecule has 0 fully saturated rings. The Morgan fingerprint density at radius 3 is 2.15 bits per heavy atom. The van der Waals surface area contributed by atoms with Crippen molar-refractivity contribution in [3.8, 4) is 0 Å². The second-order valence-electron chi connectivity index (χ2n) is 4.62. The van der Waals surface area contributed by atoms with Crippen molar-refractivity contribution < 1.29 is 17.9 Å². The normalized spacial score (nSPS) is 13.1. The van der Waals surface area contributed by atoms with Crippen molar-refractivity contribution >= 4 is 21.7 Å². The summed E-state index contributed by atoms with van der Waals surface area (Å²) in [6, 6.07) is 5.70. The van der Waals surface area contributed by atoms with Gasteiger partial charge in [0.2, 0.25) is 10.0 Å². The zero-order valence-corrected chi connectivity index (χ0v) is 12.8. The summed E-state index contributed by atoms with van der Waals surface area (Å²) < 4.78 is 30.2. The van der Waals surface area contributed by atoms with Crippen LogP contribution in [0.25, 0.3) is 0 Å². The lowest BCUT2D eigenvalue weighted by Crippen LogP contribution is -2.35. The van der Waals surface area contributed by atoms with E-state index in [1.54, 1.807) is 12.1 Å². The van der Waals surface area contributed by atoms with Gasteiger partial charge in [0.05, 0.1) is 12.0 Å². The predicted octanol–water partition coefficient (Wildman–Crippen LogP) is 1.20. The van der Waals surface area contributed by atoms with Gasteiger partial charge in [-0.3, -0.25) is 0 Å². The van der Waals surface area contributed by atoms with Gasteiger partial charge in [0.25, 0.3) is 0 Å². The molecule has 1 aromatic rings. The highest BCUT2D eigenvalue weighted by molar-refractivity contribution is 7.89. The van der Waals surface area contributed by atoms with Crippen molar-refractivity contribution in [1.29, 1.82) is 0 Å². The van der Waals surface area contributed by atoms with Gasteiger partial charge in [0, 0.05) is 5.69 Å². The molecule has 0 radical (unpaired) electrons. The van der Waals surface area contributed by atoms with Crippen LogP contribution in [0.4, 0.5) is 5.69 Å². The molecule has 0 aliphatic rings. The van der Waals surface area contributed by atoms with Crippen LogP contribution in [-0.4, -0.2) is 34.6 Å². The van der Waals surface area contributed by atoms with E-state index in [0.29, 0.717) is 5.69 Å². The van der Waals surface area contributed by atoms with Crippen LogP contribution in [0, 0.1) is 5.92 Å². The number of benzene rings is 1. The van der Waals surface area contributed by atoms with Gasteiger partial charge in [-0.1, -0.05) is 13.8 Å². The Kier molecular flexibility index (Phi) is 5.52. The highest BCUT2D eigenvalue weighted by atomic mass is 32.2. The molecule has 1 unspecified atom stereocenters. The number of nitrogens with one attached hydrogen (secondary N) is 2. The van der Waals surface area contributed by atoms with Crippen molar-refractivity contribution in [2.75, 3.05) is 19.5 Å². The van der Waals surface area contributed by atoms with E-state index in [1.165, 1.54) is 26.3 Å². The Bertz CT molecular complexity index is 552. The minimum absolute atomic E-state index is 0.0446. The Labute approximate surface area is 119 Å². The van der Waals surface area contributed by atoms with E-state index in [1.807, 2.05) is 13.8 Å². The van der Waals surface area contributed by atoms with Gasteiger partial charge in [0.15, 0.2) is 0 Å². The lowest BCUT2D eigenvalue weighted by atomic mass is 10.0. The molecule has 2 N–H and O–H groups in total. The van der Waals surface area contributed by atoms with E-state index in [-0.39, 0.29) is 16.8 Å². The summed E-state index contributed by atoms with van der Waals surface area (Å²) in [5.74, 6) is -0.310. The number of methoxy groups -OCH3 is 1. The van der Waals surface area contributed by atoms with Crippen LogP contribution in [0.1, 0.15) is 13.8 Å². The minimum atomic E-state index is -3.45. The van der Waals surface area contributed by atoms with E-state index >= 15 is 0 Å². The average Bonchev–Trinajstić information content (AvgIpc) is 2.44. The molecule has 0 aliphatic carbocycles. The fourth-order valence-corrected chi connectivity index (χ4v) is 2.38. The third kappa shape index (κ3) is 3.94. The van der Waals surface area contributed by atoms with Gasteiger partial charge in [-0.25, -0.2) is 17.9 Å². The second kappa shape index (κ2) is 6.71. The third-order valence-corrected chi connectivity index (χ3v) is 4.31. The maximum atomic E-state index is 11.6. The van der Waals surface area contributed by atoms with E-state index in [2.05, 4.69) is 10.0 Å². The number of carbonyl (C=O) groups excluding carboxylic acids is 1. The van der Waals surface area contributed by atoms with Gasteiger partial charge in [-0.2, -0.15) is 0 Å². The highest BCUT2D eigenvalue weighted by Gasteiger charge is 2.22. The molecule has 0 amide bonds. The van der Waals surface area contributed by atoms with E-state index in [4.69, 9.17) is 4.74 Å². The van der Waals surface area contributed by atoms with Crippen molar-refractivity contribution in [3.05, 3.63) is 24.3 Å². The molecule has 0 saturated carbocycles. The lowest BCUT2D eigenvalue weighted by molar-refractivity contribution is -0.142. The summed E-state index contributed by atoms with van der Waals surface area (Å²) in [5, 5.41) is 3.04.